The third kappa shape index (κ3) is 4.58. The van der Waals surface area contributed by atoms with Crippen LogP contribution in [0.2, 0.25) is 5.02 Å². The van der Waals surface area contributed by atoms with E-state index in [2.05, 4.69) is 0 Å². The molecule has 1 aromatic rings. The lowest BCUT2D eigenvalue weighted by Gasteiger charge is -2.15. The van der Waals surface area contributed by atoms with Gasteiger partial charge in [0.1, 0.15) is 11.1 Å². The number of carbonyl (C=O) groups excluding carboxylic acids is 1. The number of thioether (sulfide) groups is 1. The zero-order chi connectivity index (χ0) is 14.4. The Kier molecular flexibility index (Phi) is 6.45. The fourth-order valence-electron chi connectivity index (χ4n) is 1.51. The van der Waals surface area contributed by atoms with Gasteiger partial charge in [-0.05, 0) is 25.5 Å². The van der Waals surface area contributed by atoms with Gasteiger partial charge in [-0.15, -0.1) is 11.8 Å². The van der Waals surface area contributed by atoms with Crippen LogP contribution in [-0.4, -0.2) is 17.8 Å². The highest BCUT2D eigenvalue weighted by Gasteiger charge is 2.22. The van der Waals surface area contributed by atoms with E-state index in [0.29, 0.717) is 17.9 Å². The van der Waals surface area contributed by atoms with Crippen molar-refractivity contribution in [1.29, 1.82) is 0 Å². The number of rotatable bonds is 6. The first-order valence-electron chi connectivity index (χ1n) is 6.07. The Morgan fingerprint density at radius 2 is 2.21 bits per heavy atom. The third-order valence-electron chi connectivity index (χ3n) is 2.42. The SMILES string of the molecule is CCCC(Sc1cc(N)c(F)cc1Cl)C(=O)OCC. The van der Waals surface area contributed by atoms with Gasteiger partial charge >= 0.3 is 5.97 Å². The highest BCUT2D eigenvalue weighted by atomic mass is 35.5. The second-order valence-corrected chi connectivity index (χ2v) is 5.60. The summed E-state index contributed by atoms with van der Waals surface area (Å²) >= 11 is 7.22. The van der Waals surface area contributed by atoms with Crippen LogP contribution in [0.1, 0.15) is 26.7 Å². The maximum atomic E-state index is 13.2. The molecular weight excluding hydrogens is 289 g/mol. The Labute approximate surface area is 121 Å². The van der Waals surface area contributed by atoms with E-state index in [0.717, 1.165) is 12.5 Å². The molecule has 0 heterocycles. The summed E-state index contributed by atoms with van der Waals surface area (Å²) in [6.45, 7) is 4.07. The summed E-state index contributed by atoms with van der Waals surface area (Å²) in [6, 6.07) is 2.61. The second-order valence-electron chi connectivity index (χ2n) is 3.95. The largest absolute Gasteiger partial charge is 0.465 e. The van der Waals surface area contributed by atoms with Gasteiger partial charge in [0.05, 0.1) is 17.3 Å². The molecule has 1 atom stereocenters. The van der Waals surface area contributed by atoms with Crippen molar-refractivity contribution < 1.29 is 13.9 Å². The molecule has 19 heavy (non-hydrogen) atoms. The van der Waals surface area contributed by atoms with Gasteiger partial charge < -0.3 is 10.5 Å². The van der Waals surface area contributed by atoms with Gasteiger partial charge in [0.2, 0.25) is 0 Å². The summed E-state index contributed by atoms with van der Waals surface area (Å²) in [4.78, 5) is 12.4. The zero-order valence-corrected chi connectivity index (χ0v) is 12.5. The minimum absolute atomic E-state index is 0.0195. The van der Waals surface area contributed by atoms with Crippen molar-refractivity contribution in [3.05, 3.63) is 23.0 Å². The molecule has 0 saturated carbocycles. The number of nitrogens with two attached hydrogens (primary N) is 1. The van der Waals surface area contributed by atoms with Crippen LogP contribution in [-0.2, 0) is 9.53 Å². The van der Waals surface area contributed by atoms with E-state index in [9.17, 15) is 9.18 Å². The average Bonchev–Trinajstić information content (AvgIpc) is 2.35. The van der Waals surface area contributed by atoms with E-state index in [1.807, 2.05) is 6.92 Å². The summed E-state index contributed by atoms with van der Waals surface area (Å²) in [5.41, 5.74) is 5.53. The standard InChI is InChI=1S/C13H17ClFNO2S/c1-3-5-11(13(17)18-4-2)19-12-7-10(16)9(15)6-8(12)14/h6-7,11H,3-5,16H2,1-2H3. The molecule has 106 valence electrons. The van der Waals surface area contributed by atoms with Crippen molar-refractivity contribution in [2.24, 2.45) is 0 Å². The number of hydrogen-bond acceptors (Lipinski definition) is 4. The molecule has 1 unspecified atom stereocenters. The predicted octanol–water partition coefficient (Wildman–Crippen LogP) is 3.89. The average molecular weight is 306 g/mol. The van der Waals surface area contributed by atoms with Crippen molar-refractivity contribution in [2.45, 2.75) is 36.8 Å². The van der Waals surface area contributed by atoms with Crippen LogP contribution in [0.5, 0.6) is 0 Å². The molecule has 3 nitrogen and oxygen atoms in total. The van der Waals surface area contributed by atoms with Crippen LogP contribution in [0, 0.1) is 5.82 Å². The molecule has 0 spiro atoms. The van der Waals surface area contributed by atoms with Crippen LogP contribution >= 0.6 is 23.4 Å². The van der Waals surface area contributed by atoms with Crippen LogP contribution in [0.15, 0.2) is 17.0 Å². The topological polar surface area (TPSA) is 52.3 Å². The molecule has 0 aliphatic carbocycles. The number of hydrogen-bond donors (Lipinski definition) is 1. The number of anilines is 1. The molecule has 0 saturated heterocycles. The summed E-state index contributed by atoms with van der Waals surface area (Å²) in [5, 5.41) is -0.102. The van der Waals surface area contributed by atoms with E-state index in [1.165, 1.54) is 17.8 Å². The lowest BCUT2D eigenvalue weighted by Crippen LogP contribution is -2.20. The third-order valence-corrected chi connectivity index (χ3v) is 4.15. The van der Waals surface area contributed by atoms with Gasteiger partial charge in [0, 0.05) is 4.90 Å². The number of halogens is 2. The van der Waals surface area contributed by atoms with E-state index in [4.69, 9.17) is 22.1 Å². The van der Waals surface area contributed by atoms with E-state index in [1.54, 1.807) is 6.92 Å². The lowest BCUT2D eigenvalue weighted by molar-refractivity contribution is -0.142. The molecule has 0 aliphatic heterocycles. The zero-order valence-electron chi connectivity index (χ0n) is 10.9. The van der Waals surface area contributed by atoms with Crippen molar-refractivity contribution in [2.75, 3.05) is 12.3 Å². The van der Waals surface area contributed by atoms with Gasteiger partial charge in [-0.3, -0.25) is 4.79 Å². The van der Waals surface area contributed by atoms with Crippen LogP contribution < -0.4 is 5.73 Å². The maximum Gasteiger partial charge on any atom is 0.319 e. The van der Waals surface area contributed by atoms with Crippen LogP contribution in [0.4, 0.5) is 10.1 Å². The van der Waals surface area contributed by atoms with Gasteiger partial charge in [-0.2, -0.15) is 0 Å². The normalized spacial score (nSPS) is 12.2. The molecule has 1 aromatic carbocycles. The van der Waals surface area contributed by atoms with Crippen LogP contribution in [0.25, 0.3) is 0 Å². The molecule has 0 bridgehead atoms. The number of esters is 1. The molecular formula is C13H17ClFNO2S. The molecule has 0 amide bonds. The fourth-order valence-corrected chi connectivity index (χ4v) is 2.99. The first-order chi connectivity index (χ1) is 8.99. The Bertz CT molecular complexity index is 457. The monoisotopic (exact) mass is 305 g/mol. The minimum atomic E-state index is -0.558. The molecule has 0 radical (unpaired) electrons. The number of benzene rings is 1. The quantitative estimate of drug-likeness (QED) is 0.492. The van der Waals surface area contributed by atoms with E-state index >= 15 is 0 Å². The Morgan fingerprint density at radius 3 is 2.79 bits per heavy atom. The van der Waals surface area contributed by atoms with Crippen molar-refractivity contribution in [3.63, 3.8) is 0 Å². The highest BCUT2D eigenvalue weighted by Crippen LogP contribution is 2.35. The Hall–Kier alpha value is -0.940. The molecule has 0 fully saturated rings. The van der Waals surface area contributed by atoms with Crippen molar-refractivity contribution >= 4 is 35.0 Å². The summed E-state index contributed by atoms with van der Waals surface area (Å²) in [6.07, 6.45) is 1.50. The summed E-state index contributed by atoms with van der Waals surface area (Å²) < 4.78 is 18.2. The Morgan fingerprint density at radius 1 is 1.53 bits per heavy atom. The second kappa shape index (κ2) is 7.60. The summed E-state index contributed by atoms with van der Waals surface area (Å²) in [5.74, 6) is -0.842. The lowest BCUT2D eigenvalue weighted by atomic mass is 10.2. The smallest absolute Gasteiger partial charge is 0.319 e. The molecule has 0 aromatic heterocycles. The van der Waals surface area contributed by atoms with Gasteiger partial charge in [0.15, 0.2) is 0 Å². The molecule has 1 rings (SSSR count). The molecule has 6 heteroatoms. The maximum absolute atomic E-state index is 13.2. The first-order valence-corrected chi connectivity index (χ1v) is 7.33. The minimum Gasteiger partial charge on any atom is -0.465 e. The highest BCUT2D eigenvalue weighted by molar-refractivity contribution is 8.00. The number of carbonyl (C=O) groups is 1. The van der Waals surface area contributed by atoms with Gasteiger partial charge in [-0.1, -0.05) is 24.9 Å². The molecule has 0 aliphatic rings. The number of nitrogen functional groups attached to an aromatic ring is 1. The fraction of sp³-hybridized carbons (Fsp3) is 0.462. The Balaban J connectivity index is 2.90. The van der Waals surface area contributed by atoms with E-state index < -0.39 is 5.82 Å². The predicted molar refractivity (Wildman–Crippen MR) is 77.0 cm³/mol. The van der Waals surface area contributed by atoms with Crippen molar-refractivity contribution in [1.82, 2.24) is 0 Å². The number of ether oxygens (including phenoxy) is 1. The van der Waals surface area contributed by atoms with E-state index in [-0.39, 0.29) is 21.9 Å². The van der Waals surface area contributed by atoms with Crippen LogP contribution in [0.3, 0.4) is 0 Å². The molecule has 2 N–H and O–H groups in total. The first kappa shape index (κ1) is 16.1. The van der Waals surface area contributed by atoms with Gasteiger partial charge in [0.25, 0.3) is 0 Å². The van der Waals surface area contributed by atoms with Gasteiger partial charge in [-0.25, -0.2) is 4.39 Å². The summed E-state index contributed by atoms with van der Waals surface area (Å²) in [7, 11) is 0. The van der Waals surface area contributed by atoms with Crippen molar-refractivity contribution in [3.8, 4) is 0 Å².